The van der Waals surface area contributed by atoms with Crippen molar-refractivity contribution in [3.63, 3.8) is 0 Å². The lowest BCUT2D eigenvalue weighted by molar-refractivity contribution is 0.494. The van der Waals surface area contributed by atoms with Crippen LogP contribution in [0.2, 0.25) is 0 Å². The van der Waals surface area contributed by atoms with Crippen molar-refractivity contribution < 1.29 is 9.21 Å². The molecule has 2 aromatic rings. The van der Waals surface area contributed by atoms with Crippen molar-refractivity contribution in [1.29, 1.82) is 0 Å². The van der Waals surface area contributed by atoms with E-state index in [1.165, 1.54) is 5.56 Å². The topological polar surface area (TPSA) is 43.1 Å². The zero-order chi connectivity index (χ0) is 11.2. The van der Waals surface area contributed by atoms with E-state index in [9.17, 15) is 4.79 Å². The minimum atomic E-state index is 0.361. The predicted octanol–water partition coefficient (Wildman–Crippen LogP) is 2.11. The van der Waals surface area contributed by atoms with Crippen LogP contribution in [0.5, 0.6) is 0 Å². The third kappa shape index (κ3) is 2.79. The molecule has 0 N–H and O–H groups in total. The number of rotatable bonds is 5. The molecule has 0 saturated heterocycles. The van der Waals surface area contributed by atoms with E-state index in [1.54, 1.807) is 12.5 Å². The van der Waals surface area contributed by atoms with Crippen molar-refractivity contribution in [3.05, 3.63) is 53.7 Å². The molecule has 0 aliphatic rings. The van der Waals surface area contributed by atoms with Crippen LogP contribution in [0.15, 0.2) is 41.1 Å². The molecule has 1 aromatic carbocycles. The van der Waals surface area contributed by atoms with E-state index in [0.717, 1.165) is 24.3 Å². The van der Waals surface area contributed by atoms with Gasteiger partial charge in [-0.1, -0.05) is 24.3 Å². The Labute approximate surface area is 94.1 Å². The molecule has 81 valence electrons. The molecule has 0 aliphatic carbocycles. The van der Waals surface area contributed by atoms with E-state index >= 15 is 0 Å². The number of carbonyl (C=O) groups excluding carboxylic acids is 1. The van der Waals surface area contributed by atoms with Gasteiger partial charge in [0.2, 0.25) is 6.29 Å². The Bertz CT molecular complexity index is 431. The SMILES string of the molecule is O=[C]Cc1ccc(CCc2ncco2)cc1. The molecule has 0 saturated carbocycles. The van der Waals surface area contributed by atoms with Crippen LogP contribution in [0.25, 0.3) is 0 Å². The van der Waals surface area contributed by atoms with Crippen molar-refractivity contribution in [2.75, 3.05) is 0 Å². The van der Waals surface area contributed by atoms with Crippen LogP contribution in [-0.4, -0.2) is 11.3 Å². The number of aryl methyl sites for hydroxylation is 2. The molecule has 0 bridgehead atoms. The van der Waals surface area contributed by atoms with Crippen LogP contribution in [0.3, 0.4) is 0 Å². The summed E-state index contributed by atoms with van der Waals surface area (Å²) in [5.41, 5.74) is 2.21. The number of benzene rings is 1. The highest BCUT2D eigenvalue weighted by Crippen LogP contribution is 2.08. The Morgan fingerprint density at radius 2 is 1.88 bits per heavy atom. The lowest BCUT2D eigenvalue weighted by Crippen LogP contribution is -1.92. The zero-order valence-electron chi connectivity index (χ0n) is 8.85. The van der Waals surface area contributed by atoms with Gasteiger partial charge in [0.1, 0.15) is 6.26 Å². The molecule has 0 aliphatic heterocycles. The molecule has 0 fully saturated rings. The monoisotopic (exact) mass is 214 g/mol. The summed E-state index contributed by atoms with van der Waals surface area (Å²) in [5, 5.41) is 0. The molecule has 0 spiro atoms. The van der Waals surface area contributed by atoms with E-state index in [2.05, 4.69) is 4.98 Å². The minimum absolute atomic E-state index is 0.361. The first-order chi connectivity index (χ1) is 7.88. The van der Waals surface area contributed by atoms with Crippen LogP contribution in [0, 0.1) is 0 Å². The maximum Gasteiger partial charge on any atom is 0.203 e. The number of nitrogens with zero attached hydrogens (tertiary/aromatic N) is 1. The standard InChI is InChI=1S/C13H12NO2/c15-9-7-12-3-1-11(2-4-12)5-6-13-14-8-10-16-13/h1-4,8,10H,5-7H2. The Morgan fingerprint density at radius 1 is 1.12 bits per heavy atom. The van der Waals surface area contributed by atoms with Gasteiger partial charge in [0.25, 0.3) is 0 Å². The normalized spacial score (nSPS) is 10.2. The number of hydrogen-bond donors (Lipinski definition) is 0. The van der Waals surface area contributed by atoms with Crippen molar-refractivity contribution in [1.82, 2.24) is 4.98 Å². The molecule has 1 radical (unpaired) electrons. The number of hydrogen-bond acceptors (Lipinski definition) is 3. The van der Waals surface area contributed by atoms with Gasteiger partial charge < -0.3 is 4.42 Å². The first-order valence-electron chi connectivity index (χ1n) is 5.19. The highest BCUT2D eigenvalue weighted by Gasteiger charge is 1.99. The van der Waals surface area contributed by atoms with Crippen LogP contribution in [0.1, 0.15) is 17.0 Å². The predicted molar refractivity (Wildman–Crippen MR) is 59.8 cm³/mol. The minimum Gasteiger partial charge on any atom is -0.449 e. The fourth-order valence-electron chi connectivity index (χ4n) is 1.53. The summed E-state index contributed by atoms with van der Waals surface area (Å²) in [6.07, 6.45) is 7.17. The second-order valence-corrected chi connectivity index (χ2v) is 3.56. The fourth-order valence-corrected chi connectivity index (χ4v) is 1.53. The lowest BCUT2D eigenvalue weighted by atomic mass is 10.1. The maximum atomic E-state index is 10.2. The van der Waals surface area contributed by atoms with Gasteiger partial charge in [0, 0.05) is 12.8 Å². The van der Waals surface area contributed by atoms with Crippen LogP contribution in [0.4, 0.5) is 0 Å². The average molecular weight is 214 g/mol. The lowest BCUT2D eigenvalue weighted by Gasteiger charge is -2.00. The van der Waals surface area contributed by atoms with Gasteiger partial charge in [-0.15, -0.1) is 0 Å². The molecule has 0 unspecified atom stereocenters. The third-order valence-electron chi connectivity index (χ3n) is 2.41. The first kappa shape index (κ1) is 10.6. The molecule has 1 aromatic heterocycles. The van der Waals surface area contributed by atoms with Gasteiger partial charge in [0.15, 0.2) is 5.89 Å². The Morgan fingerprint density at radius 3 is 2.50 bits per heavy atom. The van der Waals surface area contributed by atoms with E-state index in [0.29, 0.717) is 6.42 Å². The van der Waals surface area contributed by atoms with Crippen LogP contribution in [-0.2, 0) is 24.1 Å². The smallest absolute Gasteiger partial charge is 0.203 e. The highest BCUT2D eigenvalue weighted by molar-refractivity contribution is 5.55. The summed E-state index contributed by atoms with van der Waals surface area (Å²) >= 11 is 0. The summed E-state index contributed by atoms with van der Waals surface area (Å²) in [7, 11) is 0. The summed E-state index contributed by atoms with van der Waals surface area (Å²) < 4.78 is 5.16. The molecule has 16 heavy (non-hydrogen) atoms. The number of aromatic nitrogens is 1. The second kappa shape index (κ2) is 5.26. The van der Waals surface area contributed by atoms with Crippen molar-refractivity contribution in [2.24, 2.45) is 0 Å². The molecule has 3 nitrogen and oxygen atoms in total. The number of oxazole rings is 1. The van der Waals surface area contributed by atoms with E-state index in [-0.39, 0.29) is 0 Å². The molecule has 0 amide bonds. The van der Waals surface area contributed by atoms with Gasteiger partial charge in [-0.25, -0.2) is 4.98 Å². The van der Waals surface area contributed by atoms with Crippen molar-refractivity contribution in [3.8, 4) is 0 Å². The summed E-state index contributed by atoms with van der Waals surface area (Å²) in [6, 6.07) is 7.96. The van der Waals surface area contributed by atoms with Gasteiger partial charge in [0.05, 0.1) is 6.20 Å². The summed E-state index contributed by atoms with van der Waals surface area (Å²) in [4.78, 5) is 14.3. The average Bonchev–Trinajstić information content (AvgIpc) is 2.82. The Hall–Kier alpha value is -1.90. The van der Waals surface area contributed by atoms with Gasteiger partial charge in [-0.2, -0.15) is 0 Å². The molecule has 0 atom stereocenters. The quantitative estimate of drug-likeness (QED) is 0.765. The first-order valence-corrected chi connectivity index (χ1v) is 5.19. The van der Waals surface area contributed by atoms with Gasteiger partial charge >= 0.3 is 0 Å². The Kier molecular flexibility index (Phi) is 3.49. The van der Waals surface area contributed by atoms with Gasteiger partial charge in [-0.3, -0.25) is 4.79 Å². The zero-order valence-corrected chi connectivity index (χ0v) is 8.85. The third-order valence-corrected chi connectivity index (χ3v) is 2.41. The van der Waals surface area contributed by atoms with Crippen LogP contribution >= 0.6 is 0 Å². The van der Waals surface area contributed by atoms with E-state index < -0.39 is 0 Å². The molecule has 2 rings (SSSR count). The maximum absolute atomic E-state index is 10.2. The molecule has 3 heteroatoms. The van der Waals surface area contributed by atoms with Crippen molar-refractivity contribution in [2.45, 2.75) is 19.3 Å². The second-order valence-electron chi connectivity index (χ2n) is 3.56. The van der Waals surface area contributed by atoms with Crippen LogP contribution < -0.4 is 0 Å². The largest absolute Gasteiger partial charge is 0.449 e. The summed E-state index contributed by atoms with van der Waals surface area (Å²) in [5.74, 6) is 0.755. The summed E-state index contributed by atoms with van der Waals surface area (Å²) in [6.45, 7) is 0. The Balaban J connectivity index is 1.92. The van der Waals surface area contributed by atoms with Gasteiger partial charge in [-0.05, 0) is 17.5 Å². The molecule has 1 heterocycles. The highest BCUT2D eigenvalue weighted by atomic mass is 16.3. The van der Waals surface area contributed by atoms with E-state index in [4.69, 9.17) is 4.42 Å². The molecular weight excluding hydrogens is 202 g/mol. The van der Waals surface area contributed by atoms with E-state index in [1.807, 2.05) is 30.6 Å². The molecular formula is C13H12NO2. The fraction of sp³-hybridized carbons (Fsp3) is 0.231. The van der Waals surface area contributed by atoms with Crippen molar-refractivity contribution >= 4 is 6.29 Å².